The van der Waals surface area contributed by atoms with Crippen LogP contribution in [0.1, 0.15) is 16.8 Å². The molecule has 1 aliphatic rings. The first-order valence-corrected chi connectivity index (χ1v) is 8.96. The molecule has 1 aromatic heterocycles. The van der Waals surface area contributed by atoms with Crippen molar-refractivity contribution < 1.29 is 14.1 Å². The molecule has 1 saturated heterocycles. The van der Waals surface area contributed by atoms with Crippen LogP contribution < -0.4 is 4.90 Å². The molecular formula is C17H18N2O3S. The summed E-state index contributed by atoms with van der Waals surface area (Å²) in [5, 5.41) is 9.77. The van der Waals surface area contributed by atoms with Crippen LogP contribution in [0.15, 0.2) is 41.4 Å². The Hall–Kier alpha value is -2.05. The highest BCUT2D eigenvalue weighted by Gasteiger charge is 2.24. The molecule has 1 aromatic carbocycles. The fraction of sp³-hybridized carbons (Fsp3) is 0.294. The number of pyridine rings is 1. The molecule has 2 heterocycles. The third kappa shape index (κ3) is 3.33. The van der Waals surface area contributed by atoms with Crippen LogP contribution in [0.25, 0.3) is 11.1 Å². The van der Waals surface area contributed by atoms with Crippen LogP contribution in [0.5, 0.6) is 0 Å². The molecule has 0 bridgehead atoms. The van der Waals surface area contributed by atoms with Crippen molar-refractivity contribution in [2.45, 2.75) is 17.4 Å². The number of β-amino-alcohol motifs (C(OH)–C–C–N with tert-alkyl or cyclic N) is 1. The number of benzene rings is 1. The van der Waals surface area contributed by atoms with Crippen molar-refractivity contribution in [3.05, 3.63) is 42.1 Å². The lowest BCUT2D eigenvalue weighted by Gasteiger charge is -2.20. The summed E-state index contributed by atoms with van der Waals surface area (Å²) in [5.74, 6) is 0.742. The van der Waals surface area contributed by atoms with Gasteiger partial charge in [0.1, 0.15) is 5.82 Å². The molecule has 0 saturated carbocycles. The molecule has 0 radical (unpaired) electrons. The summed E-state index contributed by atoms with van der Waals surface area (Å²) in [6, 6.07) is 9.23. The van der Waals surface area contributed by atoms with Crippen LogP contribution in [-0.2, 0) is 10.8 Å². The number of nitrogens with zero attached hydrogens (tertiary/aromatic N) is 2. The molecule has 3 rings (SSSR count). The van der Waals surface area contributed by atoms with Gasteiger partial charge in [-0.1, -0.05) is 12.1 Å². The average Bonchev–Trinajstić information content (AvgIpc) is 3.00. The van der Waals surface area contributed by atoms with Crippen LogP contribution in [0.3, 0.4) is 0 Å². The van der Waals surface area contributed by atoms with Crippen molar-refractivity contribution in [1.29, 1.82) is 0 Å². The second-order valence-corrected chi connectivity index (χ2v) is 7.01. The fourth-order valence-corrected chi connectivity index (χ4v) is 3.34. The Kier molecular flexibility index (Phi) is 4.54. The minimum absolute atomic E-state index is 0.357. The summed E-state index contributed by atoms with van der Waals surface area (Å²) < 4.78 is 11.7. The first kappa shape index (κ1) is 15.8. The van der Waals surface area contributed by atoms with Crippen molar-refractivity contribution in [3.63, 3.8) is 0 Å². The Morgan fingerprint density at radius 2 is 2.22 bits per heavy atom. The maximum absolute atomic E-state index is 11.7. The van der Waals surface area contributed by atoms with Gasteiger partial charge in [-0.25, -0.2) is 4.98 Å². The van der Waals surface area contributed by atoms with Gasteiger partial charge in [0.2, 0.25) is 0 Å². The highest BCUT2D eigenvalue weighted by Crippen LogP contribution is 2.32. The van der Waals surface area contributed by atoms with Gasteiger partial charge in [-0.05, 0) is 30.2 Å². The SMILES string of the molecule is CS(=O)c1cccc(-c2cc(C=O)cnc2N2CCC(O)C2)c1. The molecule has 1 fully saturated rings. The summed E-state index contributed by atoms with van der Waals surface area (Å²) >= 11 is 0. The third-order valence-corrected chi connectivity index (χ3v) is 4.88. The Balaban J connectivity index is 2.10. The highest BCUT2D eigenvalue weighted by atomic mass is 32.2. The number of carbonyl (C=O) groups excluding carboxylic acids is 1. The van der Waals surface area contributed by atoms with E-state index < -0.39 is 10.8 Å². The number of hydrogen-bond donors (Lipinski definition) is 1. The molecule has 0 aliphatic carbocycles. The lowest BCUT2D eigenvalue weighted by Crippen LogP contribution is -2.23. The summed E-state index contributed by atoms with van der Waals surface area (Å²) in [6.45, 7) is 1.25. The second kappa shape index (κ2) is 6.60. The molecule has 0 spiro atoms. The smallest absolute Gasteiger partial charge is 0.151 e. The molecule has 2 atom stereocenters. The minimum atomic E-state index is -1.08. The summed E-state index contributed by atoms with van der Waals surface area (Å²) in [5.41, 5.74) is 2.17. The first-order valence-electron chi connectivity index (χ1n) is 7.40. The van der Waals surface area contributed by atoms with E-state index in [4.69, 9.17) is 0 Å². The number of aldehydes is 1. The third-order valence-electron chi connectivity index (χ3n) is 3.96. The number of aliphatic hydroxyl groups excluding tert-OH is 1. The Bertz CT molecular complexity index is 763. The zero-order valence-corrected chi connectivity index (χ0v) is 13.6. The number of aromatic nitrogens is 1. The molecule has 1 N–H and O–H groups in total. The largest absolute Gasteiger partial charge is 0.391 e. The minimum Gasteiger partial charge on any atom is -0.391 e. The van der Waals surface area contributed by atoms with Crippen molar-refractivity contribution in [3.8, 4) is 11.1 Å². The monoisotopic (exact) mass is 330 g/mol. The van der Waals surface area contributed by atoms with Gasteiger partial charge < -0.3 is 10.0 Å². The van der Waals surface area contributed by atoms with Crippen LogP contribution >= 0.6 is 0 Å². The van der Waals surface area contributed by atoms with Gasteiger partial charge in [-0.3, -0.25) is 9.00 Å². The number of rotatable bonds is 4. The van der Waals surface area contributed by atoms with Gasteiger partial charge in [0.05, 0.1) is 6.10 Å². The highest BCUT2D eigenvalue weighted by molar-refractivity contribution is 7.84. The molecule has 2 aromatic rings. The van der Waals surface area contributed by atoms with Gasteiger partial charge in [0, 0.05) is 52.4 Å². The normalized spacial score (nSPS) is 18.9. The first-order chi connectivity index (χ1) is 11.1. The Morgan fingerprint density at radius 3 is 2.87 bits per heavy atom. The maximum Gasteiger partial charge on any atom is 0.151 e. The summed E-state index contributed by atoms with van der Waals surface area (Å²) in [7, 11) is -1.08. The molecule has 6 heteroatoms. The fourth-order valence-electron chi connectivity index (χ4n) is 2.78. The summed E-state index contributed by atoms with van der Waals surface area (Å²) in [4.78, 5) is 18.3. The average molecular weight is 330 g/mol. The van der Waals surface area contributed by atoms with E-state index >= 15 is 0 Å². The number of hydrogen-bond acceptors (Lipinski definition) is 5. The molecule has 23 heavy (non-hydrogen) atoms. The van der Waals surface area contributed by atoms with Gasteiger partial charge in [0.25, 0.3) is 0 Å². The number of anilines is 1. The van der Waals surface area contributed by atoms with Crippen molar-refractivity contribution in [2.24, 2.45) is 0 Å². The Morgan fingerprint density at radius 1 is 1.39 bits per heavy atom. The lowest BCUT2D eigenvalue weighted by atomic mass is 10.0. The molecule has 1 aliphatic heterocycles. The zero-order valence-electron chi connectivity index (χ0n) is 12.8. The Labute approximate surface area is 137 Å². The van der Waals surface area contributed by atoms with Gasteiger partial charge in [-0.2, -0.15) is 0 Å². The maximum atomic E-state index is 11.7. The van der Waals surface area contributed by atoms with E-state index in [1.165, 1.54) is 0 Å². The second-order valence-electron chi connectivity index (χ2n) is 5.63. The molecule has 120 valence electrons. The van der Waals surface area contributed by atoms with E-state index in [1.54, 1.807) is 18.5 Å². The zero-order chi connectivity index (χ0) is 16.4. The van der Waals surface area contributed by atoms with Crippen LogP contribution in [0.4, 0.5) is 5.82 Å². The lowest BCUT2D eigenvalue weighted by molar-refractivity contribution is 0.112. The topological polar surface area (TPSA) is 70.5 Å². The quantitative estimate of drug-likeness (QED) is 0.867. The van der Waals surface area contributed by atoms with E-state index in [1.807, 2.05) is 29.2 Å². The molecule has 5 nitrogen and oxygen atoms in total. The molecular weight excluding hydrogens is 312 g/mol. The predicted molar refractivity (Wildman–Crippen MR) is 90.2 cm³/mol. The standard InChI is InChI=1S/C17H18N2O3S/c1-23(22)15-4-2-3-13(8-15)16-7-12(11-20)9-18-17(16)19-6-5-14(21)10-19/h2-4,7-9,11,14,21H,5-6,10H2,1H3. The van der Waals surface area contributed by atoms with E-state index in [0.717, 1.165) is 34.7 Å². The van der Waals surface area contributed by atoms with Crippen molar-refractivity contribution in [1.82, 2.24) is 4.98 Å². The van der Waals surface area contributed by atoms with Gasteiger partial charge in [-0.15, -0.1) is 0 Å². The number of aliphatic hydroxyl groups is 1. The van der Waals surface area contributed by atoms with Crippen molar-refractivity contribution in [2.75, 3.05) is 24.2 Å². The van der Waals surface area contributed by atoms with E-state index in [-0.39, 0.29) is 6.10 Å². The van der Waals surface area contributed by atoms with E-state index in [9.17, 15) is 14.1 Å². The van der Waals surface area contributed by atoms with E-state index in [2.05, 4.69) is 4.98 Å². The number of carbonyl (C=O) groups is 1. The van der Waals surface area contributed by atoms with Crippen LogP contribution in [0.2, 0.25) is 0 Å². The van der Waals surface area contributed by atoms with Crippen molar-refractivity contribution >= 4 is 22.9 Å². The van der Waals surface area contributed by atoms with E-state index in [0.29, 0.717) is 18.5 Å². The molecule has 0 amide bonds. The summed E-state index contributed by atoms with van der Waals surface area (Å²) in [6.07, 6.45) is 4.29. The van der Waals surface area contributed by atoms with Gasteiger partial charge >= 0.3 is 0 Å². The predicted octanol–water partition coefficient (Wildman–Crippen LogP) is 1.87. The van der Waals surface area contributed by atoms with Crippen LogP contribution in [-0.4, -0.2) is 46.0 Å². The molecule has 2 unspecified atom stereocenters. The van der Waals surface area contributed by atoms with Crippen LogP contribution in [0, 0.1) is 0 Å². The van der Waals surface area contributed by atoms with Gasteiger partial charge in [0.15, 0.2) is 6.29 Å².